The Bertz CT molecular complexity index is 1130. The quantitative estimate of drug-likeness (QED) is 0.714. The van der Waals surface area contributed by atoms with E-state index in [1.807, 2.05) is 11.8 Å². The number of likely N-dealkylation sites (tertiary alicyclic amines) is 1. The number of aromatic nitrogens is 1. The van der Waals surface area contributed by atoms with Crippen LogP contribution in [-0.2, 0) is 20.0 Å². The molecule has 2 amide bonds. The van der Waals surface area contributed by atoms with Gasteiger partial charge in [0, 0.05) is 51.5 Å². The van der Waals surface area contributed by atoms with Crippen LogP contribution in [0.1, 0.15) is 57.1 Å². The zero-order chi connectivity index (χ0) is 22.6. The molecule has 2 fully saturated rings. The van der Waals surface area contributed by atoms with E-state index in [0.29, 0.717) is 56.2 Å². The average Bonchev–Trinajstić information content (AvgIpc) is 3.30. The fourth-order valence-corrected chi connectivity index (χ4v) is 5.54. The molecule has 0 spiro atoms. The van der Waals surface area contributed by atoms with E-state index in [9.17, 15) is 14.4 Å². The minimum atomic E-state index is -0.252. The third kappa shape index (κ3) is 3.46. The van der Waals surface area contributed by atoms with E-state index in [2.05, 4.69) is 11.9 Å². The van der Waals surface area contributed by atoms with Crippen LogP contribution in [0.5, 0.6) is 0 Å². The van der Waals surface area contributed by atoms with Crippen molar-refractivity contribution in [3.63, 3.8) is 0 Å². The van der Waals surface area contributed by atoms with Crippen molar-refractivity contribution in [1.82, 2.24) is 19.3 Å². The first-order valence-electron chi connectivity index (χ1n) is 11.4. The Morgan fingerprint density at radius 1 is 1.00 bits per heavy atom. The number of carbonyl (C=O) groups is 2. The van der Waals surface area contributed by atoms with E-state index in [1.54, 1.807) is 30.3 Å². The van der Waals surface area contributed by atoms with Gasteiger partial charge in [-0.3, -0.25) is 19.3 Å². The molecule has 0 unspecified atom stereocenters. The molecule has 2 saturated heterocycles. The number of aryl methyl sites for hydroxylation is 2. The zero-order valence-electron chi connectivity index (χ0n) is 19.0. The van der Waals surface area contributed by atoms with Gasteiger partial charge in [0.05, 0.1) is 0 Å². The summed E-state index contributed by atoms with van der Waals surface area (Å²) in [6.45, 7) is 3.96. The number of furan rings is 1. The van der Waals surface area contributed by atoms with E-state index in [0.717, 1.165) is 24.0 Å². The van der Waals surface area contributed by atoms with Crippen LogP contribution >= 0.6 is 0 Å². The van der Waals surface area contributed by atoms with Crippen molar-refractivity contribution in [3.05, 3.63) is 56.9 Å². The fraction of sp³-hybridized carbons (Fsp3) is 0.542. The first kappa shape index (κ1) is 21.0. The number of pyridine rings is 1. The van der Waals surface area contributed by atoms with Crippen LogP contribution in [0.4, 0.5) is 0 Å². The number of carbonyl (C=O) groups excluding carboxylic acids is 2. The highest BCUT2D eigenvalue weighted by molar-refractivity contribution is 5.96. The van der Waals surface area contributed by atoms with Crippen LogP contribution in [0.3, 0.4) is 0 Å². The molecule has 170 valence electrons. The number of hydrogen-bond donors (Lipinski definition) is 0. The lowest BCUT2D eigenvalue weighted by Crippen LogP contribution is -2.44. The van der Waals surface area contributed by atoms with E-state index in [4.69, 9.17) is 4.42 Å². The Morgan fingerprint density at radius 2 is 1.78 bits per heavy atom. The third-order valence-corrected chi connectivity index (χ3v) is 7.45. The molecule has 2 aromatic rings. The zero-order valence-corrected chi connectivity index (χ0v) is 19.0. The van der Waals surface area contributed by atoms with Crippen LogP contribution in [0.15, 0.2) is 27.5 Å². The number of likely N-dealkylation sites (N-methyl/N-ethyl adjacent to an activating group) is 1. The van der Waals surface area contributed by atoms with Gasteiger partial charge in [0.25, 0.3) is 17.4 Å². The van der Waals surface area contributed by atoms with Gasteiger partial charge < -0.3 is 18.8 Å². The van der Waals surface area contributed by atoms with Crippen molar-refractivity contribution < 1.29 is 14.0 Å². The smallest absolute Gasteiger partial charge is 0.289 e. The van der Waals surface area contributed by atoms with Crippen molar-refractivity contribution in [2.75, 3.05) is 26.7 Å². The van der Waals surface area contributed by atoms with Crippen molar-refractivity contribution in [1.29, 1.82) is 0 Å². The van der Waals surface area contributed by atoms with Gasteiger partial charge in [-0.1, -0.05) is 0 Å². The van der Waals surface area contributed by atoms with Crippen LogP contribution in [0, 0.1) is 6.92 Å². The molecule has 2 aromatic heterocycles. The molecule has 2 atom stereocenters. The Labute approximate surface area is 187 Å². The maximum absolute atomic E-state index is 13.6. The minimum Gasteiger partial charge on any atom is -0.456 e. The summed E-state index contributed by atoms with van der Waals surface area (Å²) in [6.07, 6.45) is 5.47. The molecule has 8 nitrogen and oxygen atoms in total. The SMILES string of the molecule is Cc1ccc(C(=O)N2CCc3c(cn(C)c(=O)c3C(=O)N3CC[C@@H]4CC[C@H](C3)N4C)C2)o1. The summed E-state index contributed by atoms with van der Waals surface area (Å²) in [4.78, 5) is 45.6. The summed E-state index contributed by atoms with van der Waals surface area (Å²) in [6, 6.07) is 4.35. The molecule has 3 aliphatic heterocycles. The fourth-order valence-electron chi connectivity index (χ4n) is 5.54. The first-order valence-corrected chi connectivity index (χ1v) is 11.4. The van der Waals surface area contributed by atoms with E-state index >= 15 is 0 Å². The second-order valence-corrected chi connectivity index (χ2v) is 9.40. The summed E-state index contributed by atoms with van der Waals surface area (Å²) >= 11 is 0. The summed E-state index contributed by atoms with van der Waals surface area (Å²) in [5.74, 6) is 0.676. The molecule has 5 heterocycles. The number of rotatable bonds is 2. The summed E-state index contributed by atoms with van der Waals surface area (Å²) in [7, 11) is 3.82. The van der Waals surface area contributed by atoms with Gasteiger partial charge >= 0.3 is 0 Å². The molecular weight excluding hydrogens is 408 g/mol. The van der Waals surface area contributed by atoms with Crippen LogP contribution in [0.25, 0.3) is 0 Å². The average molecular weight is 439 g/mol. The van der Waals surface area contributed by atoms with Gasteiger partial charge in [0.1, 0.15) is 11.3 Å². The molecule has 3 aliphatic rings. The molecule has 0 aromatic carbocycles. The summed E-state index contributed by atoms with van der Waals surface area (Å²) < 4.78 is 6.98. The summed E-state index contributed by atoms with van der Waals surface area (Å²) in [5, 5.41) is 0. The Kier molecular flexibility index (Phi) is 5.20. The molecule has 0 N–H and O–H groups in total. The molecule has 5 rings (SSSR count). The standard InChI is InChI=1S/C24H30N4O4/c1-15-4-7-20(32-15)22(29)27-11-9-19-16(13-27)12-25(2)23(30)21(19)24(31)28-10-8-17-5-6-18(14-28)26(17)3/h4,7,12,17-18H,5-6,8-11,13-14H2,1-3H3/t17-,18+/m0/s1. The second kappa shape index (κ2) is 7.92. The monoisotopic (exact) mass is 438 g/mol. The highest BCUT2D eigenvalue weighted by Crippen LogP contribution is 2.30. The van der Waals surface area contributed by atoms with Gasteiger partial charge in [-0.2, -0.15) is 0 Å². The maximum atomic E-state index is 13.6. The Morgan fingerprint density at radius 3 is 2.53 bits per heavy atom. The van der Waals surface area contributed by atoms with Crippen LogP contribution in [0.2, 0.25) is 0 Å². The Hall–Kier alpha value is -2.87. The molecular formula is C24H30N4O4. The van der Waals surface area contributed by atoms with Gasteiger partial charge in [-0.15, -0.1) is 0 Å². The van der Waals surface area contributed by atoms with Gasteiger partial charge in [-0.05, 0) is 62.9 Å². The molecule has 0 aliphatic carbocycles. The summed E-state index contributed by atoms with van der Waals surface area (Å²) in [5.41, 5.74) is 1.68. The van der Waals surface area contributed by atoms with Crippen molar-refractivity contribution >= 4 is 11.8 Å². The molecule has 0 saturated carbocycles. The highest BCUT2D eigenvalue weighted by Gasteiger charge is 2.38. The van der Waals surface area contributed by atoms with E-state index in [-0.39, 0.29) is 22.9 Å². The predicted molar refractivity (Wildman–Crippen MR) is 119 cm³/mol. The molecule has 8 heteroatoms. The first-order chi connectivity index (χ1) is 15.3. The predicted octanol–water partition coefficient (Wildman–Crippen LogP) is 1.79. The van der Waals surface area contributed by atoms with E-state index < -0.39 is 0 Å². The maximum Gasteiger partial charge on any atom is 0.289 e. The van der Waals surface area contributed by atoms with Crippen LogP contribution < -0.4 is 5.56 Å². The van der Waals surface area contributed by atoms with Gasteiger partial charge in [0.15, 0.2) is 5.76 Å². The number of nitrogens with zero attached hydrogens (tertiary/aromatic N) is 4. The minimum absolute atomic E-state index is 0.162. The van der Waals surface area contributed by atoms with Crippen molar-refractivity contribution in [3.8, 4) is 0 Å². The topological polar surface area (TPSA) is 79.0 Å². The van der Waals surface area contributed by atoms with E-state index in [1.165, 1.54) is 11.0 Å². The van der Waals surface area contributed by atoms with Crippen molar-refractivity contribution in [2.45, 2.75) is 51.2 Å². The van der Waals surface area contributed by atoms with Gasteiger partial charge in [-0.25, -0.2) is 0 Å². The number of fused-ring (bicyclic) bond motifs is 3. The number of hydrogen-bond acceptors (Lipinski definition) is 5. The third-order valence-electron chi connectivity index (χ3n) is 7.45. The van der Waals surface area contributed by atoms with Crippen LogP contribution in [-0.4, -0.2) is 69.8 Å². The van der Waals surface area contributed by atoms with Gasteiger partial charge in [0.2, 0.25) is 0 Å². The lowest BCUT2D eigenvalue weighted by atomic mass is 9.95. The Balaban J connectivity index is 1.44. The molecule has 32 heavy (non-hydrogen) atoms. The lowest BCUT2D eigenvalue weighted by molar-refractivity contribution is 0.0698. The normalized spacial score (nSPS) is 23.2. The largest absolute Gasteiger partial charge is 0.456 e. The molecule has 2 bridgehead atoms. The van der Waals surface area contributed by atoms with Crippen molar-refractivity contribution in [2.24, 2.45) is 7.05 Å². The number of amides is 2. The second-order valence-electron chi connectivity index (χ2n) is 9.40. The molecule has 0 radical (unpaired) electrons. The lowest BCUT2D eigenvalue weighted by Gasteiger charge is -2.31. The highest BCUT2D eigenvalue weighted by atomic mass is 16.3.